The number of piperidine rings is 2. The van der Waals surface area contributed by atoms with Crippen molar-refractivity contribution in [3.05, 3.63) is 99.2 Å². The highest BCUT2D eigenvalue weighted by Crippen LogP contribution is 2.46. The van der Waals surface area contributed by atoms with Crippen molar-refractivity contribution in [3.63, 3.8) is 0 Å². The van der Waals surface area contributed by atoms with E-state index in [4.69, 9.17) is 0 Å². The number of nitrogens with one attached hydrogen (secondary N) is 2. The molecule has 51 heavy (non-hydrogen) atoms. The third-order valence-electron chi connectivity index (χ3n) is 12.1. The van der Waals surface area contributed by atoms with E-state index in [9.17, 15) is 19.6 Å². The quantitative estimate of drug-likeness (QED) is 0.248. The first-order valence-corrected chi connectivity index (χ1v) is 18.6. The lowest BCUT2D eigenvalue weighted by atomic mass is 9.70. The molecule has 2 N–H and O–H groups in total. The number of amides is 2. The number of aromatic nitrogens is 1. The fourth-order valence-corrected chi connectivity index (χ4v) is 9.04. The topological polar surface area (TPSA) is 113 Å². The summed E-state index contributed by atoms with van der Waals surface area (Å²) in [6.45, 7) is 13.7. The van der Waals surface area contributed by atoms with Crippen LogP contribution in [0.3, 0.4) is 0 Å². The average molecular weight is 683 g/mol. The monoisotopic (exact) mass is 682 g/mol. The number of nitriles is 1. The number of carbonyl (C=O) groups is 3. The number of H-pyrrole nitrogens is 1. The van der Waals surface area contributed by atoms with Gasteiger partial charge in [0.1, 0.15) is 0 Å². The zero-order chi connectivity index (χ0) is 35.4. The summed E-state index contributed by atoms with van der Waals surface area (Å²) in [5, 5.41) is 12.8. The Hall–Kier alpha value is -4.78. The second-order valence-electron chi connectivity index (χ2n) is 15.4. The molecule has 0 saturated carbocycles. The number of rotatable bonds is 6. The van der Waals surface area contributed by atoms with Gasteiger partial charge in [0.15, 0.2) is 5.78 Å². The van der Waals surface area contributed by atoms with E-state index in [0.29, 0.717) is 24.4 Å². The van der Waals surface area contributed by atoms with Crippen molar-refractivity contribution in [2.45, 2.75) is 76.8 Å². The molecule has 1 atom stereocenters. The molecule has 8 rings (SSSR count). The zero-order valence-electron chi connectivity index (χ0n) is 29.8. The van der Waals surface area contributed by atoms with Gasteiger partial charge in [0.05, 0.1) is 23.1 Å². The summed E-state index contributed by atoms with van der Waals surface area (Å²) in [6.07, 6.45) is 4.09. The van der Waals surface area contributed by atoms with Gasteiger partial charge < -0.3 is 9.88 Å². The van der Waals surface area contributed by atoms with Crippen LogP contribution in [0.2, 0.25) is 0 Å². The van der Waals surface area contributed by atoms with Gasteiger partial charge >= 0.3 is 0 Å². The highest BCUT2D eigenvalue weighted by molar-refractivity contribution is 6.20. The van der Waals surface area contributed by atoms with Crippen LogP contribution in [0.25, 0.3) is 10.9 Å². The Morgan fingerprint density at radius 1 is 0.902 bits per heavy atom. The Balaban J connectivity index is 0.905. The molecule has 0 bridgehead atoms. The number of aromatic amines is 1. The maximum Gasteiger partial charge on any atom is 0.234 e. The minimum atomic E-state index is -0.390. The van der Waals surface area contributed by atoms with Gasteiger partial charge in [0, 0.05) is 91.5 Å². The Bertz CT molecular complexity index is 2070. The van der Waals surface area contributed by atoms with E-state index >= 15 is 0 Å². The summed E-state index contributed by atoms with van der Waals surface area (Å²) in [7, 11) is 0. The lowest BCUT2D eigenvalue weighted by molar-refractivity contribution is -0.134. The zero-order valence-corrected chi connectivity index (χ0v) is 29.8. The van der Waals surface area contributed by atoms with Gasteiger partial charge in [-0.05, 0) is 72.2 Å². The SMILES string of the molecule is CCc1cc2c(cc1N1CCC(N3CCN(Cc4ccc(C5CCC(=O)NC5=O)cc4)CC3)CC1)C(C)(C)c1[nH]c3cc(C#N)ccc3c1C2=O. The normalized spacial score (nSPS) is 21.3. The van der Waals surface area contributed by atoms with Crippen LogP contribution in [0.1, 0.15) is 102 Å². The molecule has 3 aliphatic heterocycles. The van der Waals surface area contributed by atoms with E-state index in [0.717, 1.165) is 104 Å². The molecular weight excluding hydrogens is 637 g/mol. The highest BCUT2D eigenvalue weighted by atomic mass is 16.2. The van der Waals surface area contributed by atoms with Crippen molar-refractivity contribution in [3.8, 4) is 6.07 Å². The molecule has 3 saturated heterocycles. The van der Waals surface area contributed by atoms with Crippen molar-refractivity contribution in [1.29, 1.82) is 5.26 Å². The fourth-order valence-electron chi connectivity index (χ4n) is 9.04. The Kier molecular flexibility index (Phi) is 8.56. The van der Waals surface area contributed by atoms with Gasteiger partial charge in [-0.2, -0.15) is 5.26 Å². The predicted molar refractivity (Wildman–Crippen MR) is 198 cm³/mol. The summed E-state index contributed by atoms with van der Waals surface area (Å²) in [6, 6.07) is 21.2. The number of nitrogens with zero attached hydrogens (tertiary/aromatic N) is 4. The second-order valence-corrected chi connectivity index (χ2v) is 15.4. The number of anilines is 1. The Morgan fingerprint density at radius 3 is 2.33 bits per heavy atom. The number of hydrogen-bond acceptors (Lipinski definition) is 7. The van der Waals surface area contributed by atoms with Crippen molar-refractivity contribution < 1.29 is 14.4 Å². The van der Waals surface area contributed by atoms with Crippen LogP contribution in [-0.2, 0) is 28.0 Å². The Labute approximate surface area is 299 Å². The van der Waals surface area contributed by atoms with Gasteiger partial charge in [0.25, 0.3) is 0 Å². The smallest absolute Gasteiger partial charge is 0.234 e. The van der Waals surface area contributed by atoms with E-state index in [1.165, 1.54) is 16.8 Å². The van der Waals surface area contributed by atoms with Crippen molar-refractivity contribution in [1.82, 2.24) is 20.1 Å². The van der Waals surface area contributed by atoms with E-state index in [1.54, 1.807) is 6.07 Å². The number of piperazine rings is 1. The van der Waals surface area contributed by atoms with Gasteiger partial charge in [-0.1, -0.05) is 51.1 Å². The molecule has 2 amide bonds. The largest absolute Gasteiger partial charge is 0.371 e. The van der Waals surface area contributed by atoms with Crippen LogP contribution in [-0.4, -0.2) is 77.7 Å². The summed E-state index contributed by atoms with van der Waals surface area (Å²) in [5.41, 5.74) is 9.31. The van der Waals surface area contributed by atoms with E-state index in [2.05, 4.69) is 88.2 Å². The number of fused-ring (bicyclic) bond motifs is 4. The molecule has 3 fully saturated rings. The summed E-state index contributed by atoms with van der Waals surface area (Å²) >= 11 is 0. The van der Waals surface area contributed by atoms with Gasteiger partial charge in [-0.25, -0.2) is 0 Å². The fraction of sp³-hybridized carbons (Fsp3) is 0.429. The third kappa shape index (κ3) is 5.94. The van der Waals surface area contributed by atoms with Crippen LogP contribution in [0.4, 0.5) is 5.69 Å². The van der Waals surface area contributed by atoms with Crippen LogP contribution in [0.5, 0.6) is 0 Å². The molecule has 4 heterocycles. The van der Waals surface area contributed by atoms with Crippen LogP contribution in [0.15, 0.2) is 54.6 Å². The average Bonchev–Trinajstić information content (AvgIpc) is 3.55. The number of imide groups is 1. The summed E-state index contributed by atoms with van der Waals surface area (Å²) in [5.74, 6) is -0.531. The van der Waals surface area contributed by atoms with Crippen LogP contribution in [0, 0.1) is 11.3 Å². The molecular formula is C42H46N6O3. The van der Waals surface area contributed by atoms with E-state index in [-0.39, 0.29) is 28.9 Å². The first kappa shape index (κ1) is 33.4. The number of hydrogen-bond donors (Lipinski definition) is 2. The molecule has 9 heteroatoms. The number of aryl methyl sites for hydroxylation is 1. The number of ketones is 1. The predicted octanol–water partition coefficient (Wildman–Crippen LogP) is 5.78. The van der Waals surface area contributed by atoms with Crippen molar-refractivity contribution in [2.24, 2.45) is 0 Å². The van der Waals surface area contributed by atoms with Gasteiger partial charge in [-0.3, -0.25) is 29.5 Å². The molecule has 4 aliphatic rings. The molecule has 9 nitrogen and oxygen atoms in total. The molecule has 3 aromatic carbocycles. The maximum atomic E-state index is 14.1. The Morgan fingerprint density at radius 2 is 1.65 bits per heavy atom. The van der Waals surface area contributed by atoms with E-state index in [1.807, 2.05) is 12.1 Å². The van der Waals surface area contributed by atoms with E-state index < -0.39 is 0 Å². The molecule has 1 aliphatic carbocycles. The maximum absolute atomic E-state index is 14.1. The lowest BCUT2D eigenvalue weighted by Gasteiger charge is -2.44. The molecule has 4 aromatic rings. The number of benzene rings is 3. The third-order valence-corrected chi connectivity index (χ3v) is 12.1. The van der Waals surface area contributed by atoms with Crippen molar-refractivity contribution in [2.75, 3.05) is 44.2 Å². The second kappa shape index (κ2) is 13.1. The standard InChI is InChI=1S/C42H46N6O3/c1-4-28-22-33-34(42(2,3)40-38(39(33)50)32-10-7-27(24-43)21-35(32)44-40)23-36(28)48-15-13-30(14-16-48)47-19-17-46(18-20-47)25-26-5-8-29(9-6-26)31-11-12-37(49)45-41(31)51/h5-10,21-23,30-31,44H,4,11-20,25H2,1-3H3,(H,45,49,51). The first-order valence-electron chi connectivity index (χ1n) is 18.6. The number of carbonyl (C=O) groups excluding carboxylic acids is 3. The van der Waals surface area contributed by atoms with Gasteiger partial charge in [-0.15, -0.1) is 0 Å². The lowest BCUT2D eigenvalue weighted by Crippen LogP contribution is -2.53. The molecule has 1 aromatic heterocycles. The molecule has 0 spiro atoms. The molecule has 0 radical (unpaired) electrons. The van der Waals surface area contributed by atoms with Crippen LogP contribution >= 0.6 is 0 Å². The van der Waals surface area contributed by atoms with Crippen molar-refractivity contribution >= 4 is 34.2 Å². The first-order chi connectivity index (χ1) is 24.6. The minimum Gasteiger partial charge on any atom is -0.371 e. The molecule has 262 valence electrons. The highest BCUT2D eigenvalue weighted by Gasteiger charge is 2.41. The molecule has 1 unspecified atom stereocenters. The minimum absolute atomic E-state index is 0.0682. The van der Waals surface area contributed by atoms with Gasteiger partial charge in [0.2, 0.25) is 11.8 Å². The van der Waals surface area contributed by atoms with Crippen LogP contribution < -0.4 is 10.2 Å². The summed E-state index contributed by atoms with van der Waals surface area (Å²) in [4.78, 5) is 49.2. The summed E-state index contributed by atoms with van der Waals surface area (Å²) < 4.78 is 0.